The second-order valence-corrected chi connectivity index (χ2v) is 6.89. The molecular formula is C16H18N4O3. The van der Waals surface area contributed by atoms with Crippen LogP contribution in [0.3, 0.4) is 0 Å². The maximum Gasteiger partial charge on any atom is 0.368 e. The summed E-state index contributed by atoms with van der Waals surface area (Å²) in [6.07, 6.45) is 0. The number of fused-ring (bicyclic) bond motifs is 1. The predicted molar refractivity (Wildman–Crippen MR) is 82.2 cm³/mol. The van der Waals surface area contributed by atoms with Gasteiger partial charge in [0.05, 0.1) is 10.7 Å². The summed E-state index contributed by atoms with van der Waals surface area (Å²) >= 11 is 0. The lowest BCUT2D eigenvalue weighted by Crippen LogP contribution is -2.37. The van der Waals surface area contributed by atoms with Gasteiger partial charge in [0.1, 0.15) is 5.92 Å². The maximum absolute atomic E-state index is 12.6. The SMILES string of the molecule is CC(C)(C)C1CNC(=O)C1C(=O)Nc1ccc2c(c1)=NC(=O)N=2. The number of benzene rings is 1. The molecule has 0 bridgehead atoms. The van der Waals surface area contributed by atoms with Gasteiger partial charge in [-0.15, -0.1) is 0 Å². The summed E-state index contributed by atoms with van der Waals surface area (Å²) in [7, 11) is 0. The minimum absolute atomic E-state index is 0.0781. The van der Waals surface area contributed by atoms with E-state index in [2.05, 4.69) is 20.6 Å². The molecule has 0 spiro atoms. The highest BCUT2D eigenvalue weighted by Crippen LogP contribution is 2.35. The summed E-state index contributed by atoms with van der Waals surface area (Å²) in [4.78, 5) is 43.2. The van der Waals surface area contributed by atoms with Crippen LogP contribution >= 0.6 is 0 Å². The molecule has 0 saturated carbocycles. The van der Waals surface area contributed by atoms with E-state index in [0.717, 1.165) is 0 Å². The van der Waals surface area contributed by atoms with Crippen LogP contribution in [0.15, 0.2) is 28.2 Å². The highest BCUT2D eigenvalue weighted by atomic mass is 16.2. The Labute approximate surface area is 132 Å². The van der Waals surface area contributed by atoms with E-state index in [9.17, 15) is 14.4 Å². The third kappa shape index (κ3) is 2.86. The van der Waals surface area contributed by atoms with E-state index in [4.69, 9.17) is 0 Å². The zero-order valence-electron chi connectivity index (χ0n) is 13.2. The van der Waals surface area contributed by atoms with Gasteiger partial charge in [0, 0.05) is 18.2 Å². The summed E-state index contributed by atoms with van der Waals surface area (Å²) in [5, 5.41) is 6.42. The van der Waals surface area contributed by atoms with Gasteiger partial charge in [0.2, 0.25) is 11.8 Å². The topological polar surface area (TPSA) is 100.0 Å². The van der Waals surface area contributed by atoms with Gasteiger partial charge < -0.3 is 10.6 Å². The molecule has 7 heteroatoms. The lowest BCUT2D eigenvalue weighted by Gasteiger charge is -2.29. The summed E-state index contributed by atoms with van der Waals surface area (Å²) in [6.45, 7) is 6.53. The lowest BCUT2D eigenvalue weighted by atomic mass is 9.74. The standard InChI is InChI=1S/C16H18N4O3/c1-16(2,3)9-7-17-13(21)12(9)14(22)18-8-4-5-10-11(6-8)20-15(23)19-10/h4-6,9,12H,7H2,1-3H3,(H,17,21)(H,18,22). The molecule has 2 aliphatic heterocycles. The molecule has 2 aliphatic rings. The molecule has 2 atom stereocenters. The van der Waals surface area contributed by atoms with Crippen LogP contribution in [0.2, 0.25) is 0 Å². The van der Waals surface area contributed by atoms with Crippen LogP contribution in [0.25, 0.3) is 0 Å². The third-order valence-electron chi connectivity index (χ3n) is 4.25. The van der Waals surface area contributed by atoms with E-state index < -0.39 is 11.9 Å². The van der Waals surface area contributed by atoms with Gasteiger partial charge in [-0.2, -0.15) is 9.98 Å². The van der Waals surface area contributed by atoms with Crippen molar-refractivity contribution in [3.05, 3.63) is 28.9 Å². The number of amides is 4. The first-order valence-electron chi connectivity index (χ1n) is 7.46. The maximum atomic E-state index is 12.6. The second kappa shape index (κ2) is 5.26. The number of nitrogens with one attached hydrogen (secondary N) is 2. The Hall–Kier alpha value is -2.57. The van der Waals surface area contributed by atoms with Crippen LogP contribution in [0.4, 0.5) is 10.5 Å². The Kier molecular flexibility index (Phi) is 3.50. The summed E-state index contributed by atoms with van der Waals surface area (Å²) < 4.78 is 0. The molecule has 0 aromatic heterocycles. The molecule has 7 nitrogen and oxygen atoms in total. The Morgan fingerprint density at radius 3 is 2.61 bits per heavy atom. The molecule has 2 N–H and O–H groups in total. The first-order valence-corrected chi connectivity index (χ1v) is 7.46. The Morgan fingerprint density at radius 1 is 1.22 bits per heavy atom. The van der Waals surface area contributed by atoms with E-state index >= 15 is 0 Å². The number of urea groups is 1. The monoisotopic (exact) mass is 314 g/mol. The molecule has 1 aromatic rings. The Bertz CT molecular complexity index is 823. The van der Waals surface area contributed by atoms with E-state index in [1.807, 2.05) is 20.8 Å². The molecule has 0 radical (unpaired) electrons. The van der Waals surface area contributed by atoms with Crippen LogP contribution in [-0.4, -0.2) is 24.4 Å². The van der Waals surface area contributed by atoms with Crippen LogP contribution in [0.5, 0.6) is 0 Å². The zero-order chi connectivity index (χ0) is 16.8. The van der Waals surface area contributed by atoms with Gasteiger partial charge in [-0.05, 0) is 23.6 Å². The molecule has 4 amide bonds. The van der Waals surface area contributed by atoms with Crippen molar-refractivity contribution >= 4 is 23.5 Å². The number of nitrogens with zero attached hydrogens (tertiary/aromatic N) is 2. The Morgan fingerprint density at radius 2 is 1.91 bits per heavy atom. The summed E-state index contributed by atoms with van der Waals surface area (Å²) in [6, 6.07) is 4.30. The van der Waals surface area contributed by atoms with Crippen LogP contribution in [0, 0.1) is 17.3 Å². The molecule has 1 aromatic carbocycles. The summed E-state index contributed by atoms with van der Waals surface area (Å²) in [5.41, 5.74) is 0.328. The van der Waals surface area contributed by atoms with Crippen molar-refractivity contribution in [3.63, 3.8) is 0 Å². The number of hydrogen-bond donors (Lipinski definition) is 2. The molecule has 1 fully saturated rings. The van der Waals surface area contributed by atoms with E-state index in [1.54, 1.807) is 18.2 Å². The molecule has 23 heavy (non-hydrogen) atoms. The third-order valence-corrected chi connectivity index (χ3v) is 4.25. The quantitative estimate of drug-likeness (QED) is 0.773. The minimum atomic E-state index is -0.730. The first-order chi connectivity index (χ1) is 10.8. The minimum Gasteiger partial charge on any atom is -0.355 e. The largest absolute Gasteiger partial charge is 0.368 e. The van der Waals surface area contributed by atoms with Crippen molar-refractivity contribution in [2.45, 2.75) is 20.8 Å². The second-order valence-electron chi connectivity index (χ2n) is 6.89. The van der Waals surface area contributed by atoms with Gasteiger partial charge in [0.15, 0.2) is 0 Å². The van der Waals surface area contributed by atoms with Crippen molar-refractivity contribution < 1.29 is 14.4 Å². The molecule has 3 rings (SSSR count). The van der Waals surface area contributed by atoms with Gasteiger partial charge >= 0.3 is 6.03 Å². The number of hydrogen-bond acceptors (Lipinski definition) is 3. The van der Waals surface area contributed by atoms with Crippen LogP contribution in [-0.2, 0) is 9.59 Å². The fraction of sp³-hybridized carbons (Fsp3) is 0.438. The highest BCUT2D eigenvalue weighted by molar-refractivity contribution is 6.07. The van der Waals surface area contributed by atoms with Crippen molar-refractivity contribution in [3.8, 4) is 0 Å². The smallest absolute Gasteiger partial charge is 0.355 e. The number of rotatable bonds is 2. The van der Waals surface area contributed by atoms with E-state index in [1.165, 1.54) is 0 Å². The van der Waals surface area contributed by atoms with Gasteiger partial charge in [-0.3, -0.25) is 9.59 Å². The number of anilines is 1. The Balaban J connectivity index is 1.84. The molecule has 1 saturated heterocycles. The van der Waals surface area contributed by atoms with Gasteiger partial charge in [-0.25, -0.2) is 4.79 Å². The molecule has 120 valence electrons. The predicted octanol–water partition coefficient (Wildman–Crippen LogP) is 0.406. The molecule has 0 aliphatic carbocycles. The average molecular weight is 314 g/mol. The van der Waals surface area contributed by atoms with E-state index in [0.29, 0.717) is 22.9 Å². The normalized spacial score (nSPS) is 22.9. The fourth-order valence-corrected chi connectivity index (χ4v) is 2.97. The van der Waals surface area contributed by atoms with Crippen molar-refractivity contribution in [2.75, 3.05) is 11.9 Å². The lowest BCUT2D eigenvalue weighted by molar-refractivity contribution is -0.132. The molecular weight excluding hydrogens is 296 g/mol. The van der Waals surface area contributed by atoms with E-state index in [-0.39, 0.29) is 23.1 Å². The fourth-order valence-electron chi connectivity index (χ4n) is 2.97. The average Bonchev–Trinajstić information content (AvgIpc) is 2.99. The number of carbonyl (C=O) groups excluding carboxylic acids is 3. The first kappa shape index (κ1) is 15.3. The van der Waals surface area contributed by atoms with Gasteiger partial charge in [-0.1, -0.05) is 20.8 Å². The van der Waals surface area contributed by atoms with Crippen molar-refractivity contribution in [2.24, 2.45) is 27.2 Å². The number of carbonyl (C=O) groups is 3. The molecule has 2 unspecified atom stereocenters. The van der Waals surface area contributed by atoms with Gasteiger partial charge in [0.25, 0.3) is 0 Å². The van der Waals surface area contributed by atoms with Crippen molar-refractivity contribution in [1.82, 2.24) is 5.32 Å². The van der Waals surface area contributed by atoms with Crippen molar-refractivity contribution in [1.29, 1.82) is 0 Å². The molecule has 2 heterocycles. The van der Waals surface area contributed by atoms with Crippen LogP contribution in [0.1, 0.15) is 20.8 Å². The zero-order valence-corrected chi connectivity index (χ0v) is 13.2. The van der Waals surface area contributed by atoms with Crippen LogP contribution < -0.4 is 21.3 Å². The summed E-state index contributed by atoms with van der Waals surface area (Å²) in [5.74, 6) is -1.41. The highest BCUT2D eigenvalue weighted by Gasteiger charge is 2.45.